The number of hydrogen-bond acceptors (Lipinski definition) is 4. The molecular formula is C11H13ClN2O4. The summed E-state index contributed by atoms with van der Waals surface area (Å²) in [5.41, 5.74) is -1.51. The third kappa shape index (κ3) is 3.10. The Kier molecular flexibility index (Phi) is 4.13. The van der Waals surface area contributed by atoms with Crippen LogP contribution < -0.4 is 10.9 Å². The molecule has 6 nitrogen and oxygen atoms in total. The van der Waals surface area contributed by atoms with Crippen LogP contribution in [0.25, 0.3) is 0 Å². The van der Waals surface area contributed by atoms with Crippen LogP contribution in [0, 0.1) is 0 Å². The highest BCUT2D eigenvalue weighted by Crippen LogP contribution is 2.09. The summed E-state index contributed by atoms with van der Waals surface area (Å²) in [6, 6.07) is 1.23. The number of hydrogen-bond donors (Lipinski definition) is 2. The van der Waals surface area contributed by atoms with E-state index in [0.717, 1.165) is 0 Å². The molecule has 1 amide bonds. The number of pyridine rings is 1. The molecule has 0 aromatic carbocycles. The van der Waals surface area contributed by atoms with E-state index in [9.17, 15) is 14.4 Å². The van der Waals surface area contributed by atoms with E-state index in [1.54, 1.807) is 0 Å². The van der Waals surface area contributed by atoms with Crippen molar-refractivity contribution in [1.29, 1.82) is 0 Å². The number of methoxy groups -OCH3 is 1. The first kappa shape index (κ1) is 14.2. The maximum Gasteiger partial charge on any atom is 0.330 e. The second-order valence-corrected chi connectivity index (χ2v) is 4.54. The zero-order valence-electron chi connectivity index (χ0n) is 10.2. The van der Waals surface area contributed by atoms with Crippen molar-refractivity contribution in [2.45, 2.75) is 19.4 Å². The highest BCUT2D eigenvalue weighted by Gasteiger charge is 2.30. The Morgan fingerprint density at radius 1 is 1.44 bits per heavy atom. The summed E-state index contributed by atoms with van der Waals surface area (Å²) in [6.07, 6.45) is 1.22. The predicted octanol–water partition coefficient (Wildman–Crippen LogP) is 0.710. The van der Waals surface area contributed by atoms with Crippen molar-refractivity contribution in [2.75, 3.05) is 7.11 Å². The summed E-state index contributed by atoms with van der Waals surface area (Å²) in [6.45, 7) is 3.01. The zero-order valence-corrected chi connectivity index (χ0v) is 10.9. The summed E-state index contributed by atoms with van der Waals surface area (Å²) in [5, 5.41) is 2.38. The van der Waals surface area contributed by atoms with Crippen LogP contribution in [0.2, 0.25) is 5.02 Å². The molecule has 18 heavy (non-hydrogen) atoms. The number of rotatable bonds is 3. The van der Waals surface area contributed by atoms with E-state index < -0.39 is 23.0 Å². The standard InChI is InChI=1S/C11H13ClN2O4/c1-11(2,10(17)18-3)14-8(15)6-4-7(12)9(16)13-5-6/h4-5H,1-3H3,(H,13,16)(H,14,15). The van der Waals surface area contributed by atoms with Crippen LogP contribution in [0.15, 0.2) is 17.1 Å². The molecule has 1 aromatic heterocycles. The molecule has 0 unspecified atom stereocenters. The number of esters is 1. The van der Waals surface area contributed by atoms with Crippen LogP contribution in [0.4, 0.5) is 0 Å². The van der Waals surface area contributed by atoms with Gasteiger partial charge in [0.15, 0.2) is 0 Å². The SMILES string of the molecule is COC(=O)C(C)(C)NC(=O)c1c[nH]c(=O)c(Cl)c1. The highest BCUT2D eigenvalue weighted by molar-refractivity contribution is 6.30. The summed E-state index contributed by atoms with van der Waals surface area (Å²) >= 11 is 5.60. The minimum atomic E-state index is -1.17. The van der Waals surface area contributed by atoms with Crippen molar-refractivity contribution in [3.05, 3.63) is 33.2 Å². The fourth-order valence-corrected chi connectivity index (χ4v) is 1.42. The van der Waals surface area contributed by atoms with E-state index in [-0.39, 0.29) is 10.6 Å². The maximum absolute atomic E-state index is 11.8. The van der Waals surface area contributed by atoms with Crippen molar-refractivity contribution in [3.63, 3.8) is 0 Å². The lowest BCUT2D eigenvalue weighted by molar-refractivity contribution is -0.146. The summed E-state index contributed by atoms with van der Waals surface area (Å²) < 4.78 is 4.56. The van der Waals surface area contributed by atoms with Gasteiger partial charge in [-0.05, 0) is 19.9 Å². The third-order valence-electron chi connectivity index (χ3n) is 2.24. The molecule has 7 heteroatoms. The second-order valence-electron chi connectivity index (χ2n) is 4.14. The van der Waals surface area contributed by atoms with Crippen LogP contribution in [0.1, 0.15) is 24.2 Å². The Balaban J connectivity index is 2.92. The Morgan fingerprint density at radius 2 is 2.06 bits per heavy atom. The number of carbonyl (C=O) groups excluding carboxylic acids is 2. The van der Waals surface area contributed by atoms with Crippen LogP contribution in [0.3, 0.4) is 0 Å². The molecule has 0 saturated carbocycles. The lowest BCUT2D eigenvalue weighted by atomic mass is 10.1. The number of carbonyl (C=O) groups is 2. The first-order valence-corrected chi connectivity index (χ1v) is 5.45. The fourth-order valence-electron chi connectivity index (χ4n) is 1.25. The van der Waals surface area contributed by atoms with Gasteiger partial charge in [0.1, 0.15) is 10.6 Å². The Labute approximate surface area is 108 Å². The molecule has 2 N–H and O–H groups in total. The molecule has 0 fully saturated rings. The highest BCUT2D eigenvalue weighted by atomic mass is 35.5. The number of aromatic amines is 1. The van der Waals surface area contributed by atoms with E-state index in [1.807, 2.05) is 0 Å². The molecule has 0 aliphatic heterocycles. The second kappa shape index (κ2) is 5.22. The lowest BCUT2D eigenvalue weighted by Crippen LogP contribution is -2.50. The average molecular weight is 273 g/mol. The first-order chi connectivity index (χ1) is 8.27. The minimum Gasteiger partial charge on any atom is -0.467 e. The van der Waals surface area contributed by atoms with E-state index in [1.165, 1.54) is 33.2 Å². The first-order valence-electron chi connectivity index (χ1n) is 5.07. The predicted molar refractivity (Wildman–Crippen MR) is 65.6 cm³/mol. The van der Waals surface area contributed by atoms with Gasteiger partial charge in [0.25, 0.3) is 11.5 Å². The molecule has 1 aromatic rings. The molecule has 0 atom stereocenters. The van der Waals surface area contributed by atoms with Crippen LogP contribution in [0.5, 0.6) is 0 Å². The lowest BCUT2D eigenvalue weighted by Gasteiger charge is -2.22. The number of H-pyrrole nitrogens is 1. The van der Waals surface area contributed by atoms with Crippen molar-refractivity contribution < 1.29 is 14.3 Å². The number of ether oxygens (including phenoxy) is 1. The van der Waals surface area contributed by atoms with Gasteiger partial charge in [-0.25, -0.2) is 4.79 Å². The smallest absolute Gasteiger partial charge is 0.330 e. The molecule has 0 aliphatic rings. The topological polar surface area (TPSA) is 88.3 Å². The molecule has 0 aliphatic carbocycles. The normalized spacial score (nSPS) is 10.9. The van der Waals surface area contributed by atoms with E-state index in [0.29, 0.717) is 0 Å². The molecule has 0 spiro atoms. The Hall–Kier alpha value is -1.82. The van der Waals surface area contributed by atoms with Crippen molar-refractivity contribution in [3.8, 4) is 0 Å². The molecule has 1 heterocycles. The van der Waals surface area contributed by atoms with E-state index >= 15 is 0 Å². The van der Waals surface area contributed by atoms with Crippen LogP contribution >= 0.6 is 11.6 Å². The number of amides is 1. The molecule has 98 valence electrons. The summed E-state index contributed by atoms with van der Waals surface area (Å²) in [4.78, 5) is 36.6. The van der Waals surface area contributed by atoms with Crippen molar-refractivity contribution in [2.24, 2.45) is 0 Å². The van der Waals surface area contributed by atoms with Crippen molar-refractivity contribution in [1.82, 2.24) is 10.3 Å². The Bertz CT molecular complexity index is 536. The van der Waals surface area contributed by atoms with Gasteiger partial charge in [0.2, 0.25) is 0 Å². The van der Waals surface area contributed by atoms with Crippen molar-refractivity contribution >= 4 is 23.5 Å². The summed E-state index contributed by atoms with van der Waals surface area (Å²) in [5.74, 6) is -1.12. The summed E-state index contributed by atoms with van der Waals surface area (Å²) in [7, 11) is 1.23. The molecule has 1 rings (SSSR count). The van der Waals surface area contributed by atoms with Gasteiger partial charge in [-0.1, -0.05) is 11.6 Å². The Morgan fingerprint density at radius 3 is 2.56 bits per heavy atom. The number of nitrogens with one attached hydrogen (secondary N) is 2. The van der Waals surface area contributed by atoms with Gasteiger partial charge in [-0.2, -0.15) is 0 Å². The molecule has 0 radical (unpaired) electrons. The van der Waals surface area contributed by atoms with Gasteiger partial charge >= 0.3 is 5.97 Å². The average Bonchev–Trinajstić information content (AvgIpc) is 2.30. The van der Waals surface area contributed by atoms with Gasteiger partial charge < -0.3 is 15.0 Å². The van der Waals surface area contributed by atoms with E-state index in [2.05, 4.69) is 15.0 Å². The maximum atomic E-state index is 11.8. The van der Waals surface area contributed by atoms with Gasteiger partial charge in [0.05, 0.1) is 12.7 Å². The molecule has 0 saturated heterocycles. The number of aromatic nitrogens is 1. The van der Waals surface area contributed by atoms with Gasteiger partial charge in [-0.3, -0.25) is 9.59 Å². The van der Waals surface area contributed by atoms with Crippen LogP contribution in [-0.4, -0.2) is 29.5 Å². The van der Waals surface area contributed by atoms with Gasteiger partial charge in [-0.15, -0.1) is 0 Å². The molecular weight excluding hydrogens is 260 g/mol. The van der Waals surface area contributed by atoms with E-state index in [4.69, 9.17) is 11.6 Å². The minimum absolute atomic E-state index is 0.0986. The monoisotopic (exact) mass is 272 g/mol. The number of halogens is 1. The quantitative estimate of drug-likeness (QED) is 0.793. The van der Waals surface area contributed by atoms with Crippen LogP contribution in [-0.2, 0) is 9.53 Å². The van der Waals surface area contributed by atoms with Gasteiger partial charge in [0, 0.05) is 6.20 Å². The zero-order chi connectivity index (χ0) is 13.9. The fraction of sp³-hybridized carbons (Fsp3) is 0.364. The molecule has 0 bridgehead atoms. The third-order valence-corrected chi connectivity index (χ3v) is 2.52. The largest absolute Gasteiger partial charge is 0.467 e.